The van der Waals surface area contributed by atoms with Crippen molar-refractivity contribution in [2.45, 2.75) is 18.0 Å². The highest BCUT2D eigenvalue weighted by molar-refractivity contribution is 6.31. The van der Waals surface area contributed by atoms with E-state index in [2.05, 4.69) is 5.32 Å². The Kier molecular flexibility index (Phi) is 4.83. The number of esters is 1. The first kappa shape index (κ1) is 20.7. The number of hydrogen-bond donors (Lipinski definition) is 1. The van der Waals surface area contributed by atoms with Crippen LogP contribution < -0.4 is 10.2 Å². The first-order valence-electron chi connectivity index (χ1n) is 10.2. The lowest BCUT2D eigenvalue weighted by molar-refractivity contribution is -0.154. The first-order chi connectivity index (χ1) is 15.4. The molecule has 0 saturated carbocycles. The Bertz CT molecular complexity index is 1100. The number of rotatable bonds is 4. The Morgan fingerprint density at radius 1 is 1.22 bits per heavy atom. The molecular formula is C22H20ClN3O6. The summed E-state index contributed by atoms with van der Waals surface area (Å²) in [5.41, 5.74) is -1.21. The molecule has 3 amide bonds. The minimum atomic E-state index is -1.57. The smallest absolute Gasteiger partial charge is 0.307 e. The van der Waals surface area contributed by atoms with Gasteiger partial charge in [-0.2, -0.15) is 0 Å². The van der Waals surface area contributed by atoms with Crippen molar-refractivity contribution in [1.82, 2.24) is 10.2 Å². The SMILES string of the molecule is COC(=O)C[C@@]12C(=O)NCCN1[C@@H](c1ccco1)[C@@H]1C(=O)N(c3ccc(Cl)cc3)C(=O)[C@@H]12. The molecule has 3 saturated heterocycles. The van der Waals surface area contributed by atoms with Crippen LogP contribution in [0.4, 0.5) is 5.69 Å². The van der Waals surface area contributed by atoms with E-state index in [-0.39, 0.29) is 6.42 Å². The molecule has 3 aliphatic heterocycles. The molecule has 1 aromatic carbocycles. The maximum atomic E-state index is 13.8. The number of carbonyl (C=O) groups is 4. The highest BCUT2D eigenvalue weighted by atomic mass is 35.5. The molecule has 32 heavy (non-hydrogen) atoms. The molecule has 0 radical (unpaired) electrons. The molecular weight excluding hydrogens is 438 g/mol. The fourth-order valence-corrected chi connectivity index (χ4v) is 5.53. The van der Waals surface area contributed by atoms with E-state index in [0.717, 1.165) is 4.90 Å². The van der Waals surface area contributed by atoms with E-state index in [4.69, 9.17) is 20.8 Å². The Balaban J connectivity index is 1.69. The second kappa shape index (κ2) is 7.46. The largest absolute Gasteiger partial charge is 0.469 e. The molecule has 1 aromatic heterocycles. The van der Waals surface area contributed by atoms with Crippen molar-refractivity contribution < 1.29 is 28.3 Å². The van der Waals surface area contributed by atoms with Gasteiger partial charge in [0.2, 0.25) is 17.7 Å². The van der Waals surface area contributed by atoms with Gasteiger partial charge in [-0.3, -0.25) is 24.1 Å². The zero-order valence-corrected chi connectivity index (χ0v) is 17.9. The van der Waals surface area contributed by atoms with E-state index < -0.39 is 47.1 Å². The van der Waals surface area contributed by atoms with Crippen LogP contribution in [0.5, 0.6) is 0 Å². The first-order valence-corrected chi connectivity index (χ1v) is 10.6. The fourth-order valence-electron chi connectivity index (χ4n) is 5.40. The number of anilines is 1. The fraction of sp³-hybridized carbons (Fsp3) is 0.364. The van der Waals surface area contributed by atoms with Crippen molar-refractivity contribution in [1.29, 1.82) is 0 Å². The summed E-state index contributed by atoms with van der Waals surface area (Å²) < 4.78 is 10.5. The number of furan rings is 1. The topological polar surface area (TPSA) is 109 Å². The monoisotopic (exact) mass is 457 g/mol. The lowest BCUT2D eigenvalue weighted by atomic mass is 9.76. The number of imide groups is 1. The molecule has 0 spiro atoms. The summed E-state index contributed by atoms with van der Waals surface area (Å²) in [6.45, 7) is 0.671. The van der Waals surface area contributed by atoms with Crippen LogP contribution in [0.15, 0.2) is 47.1 Å². The molecule has 10 heteroatoms. The molecule has 4 heterocycles. The van der Waals surface area contributed by atoms with Crippen molar-refractivity contribution in [3.8, 4) is 0 Å². The zero-order valence-electron chi connectivity index (χ0n) is 17.1. The number of halogens is 1. The van der Waals surface area contributed by atoms with E-state index in [1.165, 1.54) is 13.4 Å². The van der Waals surface area contributed by atoms with Gasteiger partial charge in [-0.1, -0.05) is 11.6 Å². The number of benzene rings is 1. The maximum absolute atomic E-state index is 13.8. The average Bonchev–Trinajstić information content (AvgIpc) is 3.46. The number of nitrogens with one attached hydrogen (secondary N) is 1. The van der Waals surface area contributed by atoms with Gasteiger partial charge in [0.15, 0.2) is 0 Å². The van der Waals surface area contributed by atoms with Gasteiger partial charge in [0.1, 0.15) is 11.3 Å². The third-order valence-corrected chi connectivity index (χ3v) is 6.90. The summed E-state index contributed by atoms with van der Waals surface area (Å²) in [5, 5.41) is 3.24. The number of hydrogen-bond acceptors (Lipinski definition) is 7. The number of carbonyl (C=O) groups excluding carboxylic acids is 4. The van der Waals surface area contributed by atoms with E-state index in [1.807, 2.05) is 0 Å². The van der Waals surface area contributed by atoms with Crippen LogP contribution in [0.2, 0.25) is 5.02 Å². The van der Waals surface area contributed by atoms with Crippen molar-refractivity contribution in [3.63, 3.8) is 0 Å². The Morgan fingerprint density at radius 2 is 1.97 bits per heavy atom. The summed E-state index contributed by atoms with van der Waals surface area (Å²) in [6, 6.07) is 9.04. The molecule has 1 N–H and O–H groups in total. The quantitative estimate of drug-likeness (QED) is 0.547. The van der Waals surface area contributed by atoms with Crippen LogP contribution >= 0.6 is 11.6 Å². The molecule has 0 bridgehead atoms. The van der Waals surface area contributed by atoms with Gasteiger partial charge < -0.3 is 14.5 Å². The van der Waals surface area contributed by atoms with Crippen molar-refractivity contribution >= 4 is 41.0 Å². The number of ether oxygens (including phenoxy) is 1. The molecule has 3 aliphatic rings. The number of methoxy groups -OCH3 is 1. The minimum absolute atomic E-state index is 0.321. The van der Waals surface area contributed by atoms with Crippen LogP contribution in [0.1, 0.15) is 18.2 Å². The van der Waals surface area contributed by atoms with Crippen LogP contribution in [0.3, 0.4) is 0 Å². The van der Waals surface area contributed by atoms with Crippen molar-refractivity contribution in [2.75, 3.05) is 25.1 Å². The Hall–Kier alpha value is -3.17. The van der Waals surface area contributed by atoms with Crippen LogP contribution in [0.25, 0.3) is 0 Å². The summed E-state index contributed by atoms with van der Waals surface area (Å²) in [5.74, 6) is -3.63. The third-order valence-electron chi connectivity index (χ3n) is 6.65. The van der Waals surface area contributed by atoms with Gasteiger partial charge in [0.05, 0.1) is 43.4 Å². The van der Waals surface area contributed by atoms with Gasteiger partial charge in [-0.15, -0.1) is 0 Å². The lowest BCUT2D eigenvalue weighted by Gasteiger charge is -2.44. The highest BCUT2D eigenvalue weighted by Gasteiger charge is 2.73. The van der Waals surface area contributed by atoms with Crippen LogP contribution in [-0.4, -0.2) is 54.3 Å². The summed E-state index contributed by atoms with van der Waals surface area (Å²) in [4.78, 5) is 56.1. The standard InChI is InChI=1S/C22H20ClN3O6/c1-31-15(27)11-22-17-16(19(28)26(20(17)29)13-6-4-12(23)5-7-13)18(14-3-2-10-32-14)25(22)9-8-24-21(22)30/h2-7,10,16-18H,8-9,11H2,1H3,(H,24,30)/t16-,17-,18+,22-/m1/s1. The van der Waals surface area contributed by atoms with Crippen molar-refractivity contribution in [3.05, 3.63) is 53.4 Å². The zero-order chi connectivity index (χ0) is 22.6. The summed E-state index contributed by atoms with van der Waals surface area (Å²) in [6.07, 6.45) is 1.12. The molecule has 4 atom stereocenters. The number of nitrogens with zero attached hydrogens (tertiary/aromatic N) is 2. The number of piperazine rings is 1. The van der Waals surface area contributed by atoms with Crippen LogP contribution in [0, 0.1) is 11.8 Å². The third kappa shape index (κ3) is 2.74. The second-order valence-electron chi connectivity index (χ2n) is 8.08. The highest BCUT2D eigenvalue weighted by Crippen LogP contribution is 2.57. The molecule has 0 aliphatic carbocycles. The average molecular weight is 458 g/mol. The minimum Gasteiger partial charge on any atom is -0.469 e. The Morgan fingerprint density at radius 3 is 2.62 bits per heavy atom. The molecule has 9 nitrogen and oxygen atoms in total. The number of fused-ring (bicyclic) bond motifs is 3. The van der Waals surface area contributed by atoms with Crippen molar-refractivity contribution in [2.24, 2.45) is 11.8 Å². The molecule has 0 unspecified atom stereocenters. The van der Waals surface area contributed by atoms with Crippen LogP contribution in [-0.2, 0) is 23.9 Å². The predicted octanol–water partition coefficient (Wildman–Crippen LogP) is 1.53. The van der Waals surface area contributed by atoms with Gasteiger partial charge >= 0.3 is 5.97 Å². The molecule has 5 rings (SSSR count). The molecule has 3 fully saturated rings. The normalized spacial score (nSPS) is 29.6. The second-order valence-corrected chi connectivity index (χ2v) is 8.51. The van der Waals surface area contributed by atoms with Gasteiger partial charge in [0, 0.05) is 18.1 Å². The van der Waals surface area contributed by atoms with Gasteiger partial charge in [-0.25, -0.2) is 4.90 Å². The van der Waals surface area contributed by atoms with Gasteiger partial charge in [-0.05, 0) is 36.4 Å². The van der Waals surface area contributed by atoms with E-state index in [1.54, 1.807) is 41.3 Å². The Labute approximate surface area is 188 Å². The predicted molar refractivity (Wildman–Crippen MR) is 111 cm³/mol. The summed E-state index contributed by atoms with van der Waals surface area (Å²) in [7, 11) is 1.22. The lowest BCUT2D eigenvalue weighted by Crippen LogP contribution is -2.67. The summed E-state index contributed by atoms with van der Waals surface area (Å²) >= 11 is 5.97. The van der Waals surface area contributed by atoms with Gasteiger partial charge in [0.25, 0.3) is 0 Å². The van der Waals surface area contributed by atoms with E-state index >= 15 is 0 Å². The maximum Gasteiger partial charge on any atom is 0.307 e. The number of amides is 3. The van der Waals surface area contributed by atoms with E-state index in [9.17, 15) is 19.2 Å². The molecule has 166 valence electrons. The molecule has 2 aromatic rings. The van der Waals surface area contributed by atoms with E-state index in [0.29, 0.717) is 29.6 Å².